The molecule has 1 saturated carbocycles. The summed E-state index contributed by atoms with van der Waals surface area (Å²) in [6.07, 6.45) is 5.98. The van der Waals surface area contributed by atoms with Gasteiger partial charge in [-0.25, -0.2) is 4.98 Å². The molecule has 0 bridgehead atoms. The molecular formula is C18H22N4O2. The minimum Gasteiger partial charge on any atom is -0.360 e. The molecule has 1 saturated heterocycles. The Morgan fingerprint density at radius 3 is 2.71 bits per heavy atom. The van der Waals surface area contributed by atoms with Gasteiger partial charge in [-0.3, -0.25) is 4.79 Å². The summed E-state index contributed by atoms with van der Waals surface area (Å²) in [7, 11) is 2.07. The van der Waals surface area contributed by atoms with Crippen LogP contribution in [0.3, 0.4) is 0 Å². The summed E-state index contributed by atoms with van der Waals surface area (Å²) in [6.45, 7) is 1.48. The molecule has 0 spiro atoms. The van der Waals surface area contributed by atoms with Crippen molar-refractivity contribution in [3.63, 3.8) is 0 Å². The van der Waals surface area contributed by atoms with E-state index in [4.69, 9.17) is 4.52 Å². The molecule has 0 aromatic carbocycles. The standard InChI is InChI=1S/C18H22N4O2/c1-21(17-4-2-3-9-19-17)14-7-10-22(11-8-14)18(23)15-12-16(24-20-15)13-5-6-13/h2-4,9,12-14H,5-8,10-11H2,1H3. The number of nitrogens with zero attached hydrogens (tertiary/aromatic N) is 4. The van der Waals surface area contributed by atoms with Crippen LogP contribution in [0, 0.1) is 0 Å². The van der Waals surface area contributed by atoms with Gasteiger partial charge in [-0.2, -0.15) is 0 Å². The zero-order valence-corrected chi connectivity index (χ0v) is 13.9. The Morgan fingerprint density at radius 1 is 1.25 bits per heavy atom. The van der Waals surface area contributed by atoms with Crippen molar-refractivity contribution in [1.29, 1.82) is 0 Å². The molecule has 2 aromatic heterocycles. The molecule has 126 valence electrons. The van der Waals surface area contributed by atoms with E-state index in [2.05, 4.69) is 22.1 Å². The first kappa shape index (κ1) is 15.2. The Kier molecular flexibility index (Phi) is 3.96. The Hall–Kier alpha value is -2.37. The molecule has 24 heavy (non-hydrogen) atoms. The SMILES string of the molecule is CN(c1ccccn1)C1CCN(C(=O)c2cc(C3CC3)on2)CC1. The van der Waals surface area contributed by atoms with Crippen LogP contribution in [0.15, 0.2) is 35.0 Å². The van der Waals surface area contributed by atoms with Crippen molar-refractivity contribution in [3.8, 4) is 0 Å². The molecule has 2 aromatic rings. The molecule has 3 heterocycles. The van der Waals surface area contributed by atoms with Crippen LogP contribution in [0.2, 0.25) is 0 Å². The number of pyridine rings is 1. The Balaban J connectivity index is 1.36. The highest BCUT2D eigenvalue weighted by atomic mass is 16.5. The van der Waals surface area contributed by atoms with Gasteiger partial charge in [-0.1, -0.05) is 11.2 Å². The van der Waals surface area contributed by atoms with E-state index in [1.54, 1.807) is 0 Å². The molecule has 6 heteroatoms. The van der Waals surface area contributed by atoms with Crippen molar-refractivity contribution in [2.75, 3.05) is 25.0 Å². The fourth-order valence-corrected chi connectivity index (χ4v) is 3.32. The Morgan fingerprint density at radius 2 is 2.04 bits per heavy atom. The van der Waals surface area contributed by atoms with Gasteiger partial charge in [0, 0.05) is 44.4 Å². The Bertz CT molecular complexity index is 703. The van der Waals surface area contributed by atoms with Crippen LogP contribution in [0.4, 0.5) is 5.82 Å². The Labute approximate surface area is 141 Å². The molecule has 0 N–H and O–H groups in total. The summed E-state index contributed by atoms with van der Waals surface area (Å²) < 4.78 is 5.30. The van der Waals surface area contributed by atoms with Gasteiger partial charge in [0.15, 0.2) is 5.69 Å². The van der Waals surface area contributed by atoms with Crippen LogP contribution in [0.1, 0.15) is 47.8 Å². The van der Waals surface area contributed by atoms with Crippen molar-refractivity contribution in [1.82, 2.24) is 15.0 Å². The van der Waals surface area contributed by atoms with E-state index < -0.39 is 0 Å². The summed E-state index contributed by atoms with van der Waals surface area (Å²) in [4.78, 5) is 21.1. The predicted molar refractivity (Wildman–Crippen MR) is 90.0 cm³/mol. The van der Waals surface area contributed by atoms with E-state index in [1.165, 1.54) is 0 Å². The number of carbonyl (C=O) groups is 1. The molecule has 4 rings (SSSR count). The predicted octanol–water partition coefficient (Wildman–Crippen LogP) is 2.69. The van der Waals surface area contributed by atoms with Crippen molar-refractivity contribution < 1.29 is 9.32 Å². The summed E-state index contributed by atoms with van der Waals surface area (Å²) in [5.74, 6) is 2.32. The molecule has 2 aliphatic rings. The quantitative estimate of drug-likeness (QED) is 0.864. The second kappa shape index (κ2) is 6.26. The lowest BCUT2D eigenvalue weighted by Gasteiger charge is -2.37. The highest BCUT2D eigenvalue weighted by molar-refractivity contribution is 5.92. The van der Waals surface area contributed by atoms with Gasteiger partial charge in [0.05, 0.1) is 0 Å². The smallest absolute Gasteiger partial charge is 0.276 e. The van der Waals surface area contributed by atoms with Crippen LogP contribution in [-0.2, 0) is 0 Å². The largest absolute Gasteiger partial charge is 0.360 e. The highest BCUT2D eigenvalue weighted by Crippen LogP contribution is 2.40. The lowest BCUT2D eigenvalue weighted by Crippen LogP contribution is -2.46. The highest BCUT2D eigenvalue weighted by Gasteiger charge is 2.31. The number of rotatable bonds is 4. The lowest BCUT2D eigenvalue weighted by atomic mass is 10.0. The zero-order valence-electron chi connectivity index (χ0n) is 13.9. The van der Waals surface area contributed by atoms with Gasteiger partial charge in [0.2, 0.25) is 0 Å². The average molecular weight is 326 g/mol. The minimum absolute atomic E-state index is 0.00964. The number of likely N-dealkylation sites (tertiary alicyclic amines) is 1. The van der Waals surface area contributed by atoms with E-state index in [0.29, 0.717) is 17.7 Å². The van der Waals surface area contributed by atoms with Crippen LogP contribution < -0.4 is 4.90 Å². The van der Waals surface area contributed by atoms with E-state index in [-0.39, 0.29) is 5.91 Å². The van der Waals surface area contributed by atoms with Crippen molar-refractivity contribution in [2.45, 2.75) is 37.6 Å². The van der Waals surface area contributed by atoms with Crippen LogP contribution >= 0.6 is 0 Å². The first-order valence-corrected chi connectivity index (χ1v) is 8.62. The molecule has 2 fully saturated rings. The lowest BCUT2D eigenvalue weighted by molar-refractivity contribution is 0.0702. The van der Waals surface area contributed by atoms with Gasteiger partial charge < -0.3 is 14.3 Å². The number of carbonyl (C=O) groups excluding carboxylic acids is 1. The van der Waals surface area contributed by atoms with Crippen LogP contribution in [0.5, 0.6) is 0 Å². The fourth-order valence-electron chi connectivity index (χ4n) is 3.32. The van der Waals surface area contributed by atoms with Gasteiger partial charge in [-0.15, -0.1) is 0 Å². The van der Waals surface area contributed by atoms with Gasteiger partial charge in [-0.05, 0) is 37.8 Å². The van der Waals surface area contributed by atoms with Gasteiger partial charge in [0.1, 0.15) is 11.6 Å². The minimum atomic E-state index is -0.00964. The molecule has 1 aliphatic carbocycles. The summed E-state index contributed by atoms with van der Waals surface area (Å²) in [6, 6.07) is 8.17. The van der Waals surface area contributed by atoms with Gasteiger partial charge in [0.25, 0.3) is 5.91 Å². The van der Waals surface area contributed by atoms with E-state index in [0.717, 1.165) is 50.4 Å². The normalized spacial score (nSPS) is 18.6. The second-order valence-corrected chi connectivity index (χ2v) is 6.71. The summed E-state index contributed by atoms with van der Waals surface area (Å²) >= 11 is 0. The number of anilines is 1. The zero-order chi connectivity index (χ0) is 16.5. The summed E-state index contributed by atoms with van der Waals surface area (Å²) in [5.41, 5.74) is 0.452. The van der Waals surface area contributed by atoms with E-state index in [1.807, 2.05) is 35.4 Å². The average Bonchev–Trinajstić information content (AvgIpc) is 3.38. The number of amides is 1. The third kappa shape index (κ3) is 3.00. The van der Waals surface area contributed by atoms with Crippen LogP contribution in [0.25, 0.3) is 0 Å². The molecule has 1 amide bonds. The van der Waals surface area contributed by atoms with Crippen LogP contribution in [-0.4, -0.2) is 47.1 Å². The molecular weight excluding hydrogens is 304 g/mol. The molecule has 1 aliphatic heterocycles. The first-order chi connectivity index (χ1) is 11.7. The maximum Gasteiger partial charge on any atom is 0.276 e. The second-order valence-electron chi connectivity index (χ2n) is 6.71. The van der Waals surface area contributed by atoms with Crippen molar-refractivity contribution in [3.05, 3.63) is 41.9 Å². The summed E-state index contributed by atoms with van der Waals surface area (Å²) in [5, 5.41) is 3.97. The van der Waals surface area contributed by atoms with Crippen molar-refractivity contribution >= 4 is 11.7 Å². The molecule has 6 nitrogen and oxygen atoms in total. The fraction of sp³-hybridized carbons (Fsp3) is 0.500. The van der Waals surface area contributed by atoms with E-state index in [9.17, 15) is 4.79 Å². The number of piperidine rings is 1. The van der Waals surface area contributed by atoms with Crippen molar-refractivity contribution in [2.24, 2.45) is 0 Å². The molecule has 0 radical (unpaired) electrons. The van der Waals surface area contributed by atoms with E-state index >= 15 is 0 Å². The molecule has 0 unspecified atom stereocenters. The maximum atomic E-state index is 12.6. The third-order valence-corrected chi connectivity index (χ3v) is 5.04. The first-order valence-electron chi connectivity index (χ1n) is 8.62. The topological polar surface area (TPSA) is 62.5 Å². The van der Waals surface area contributed by atoms with Gasteiger partial charge >= 0.3 is 0 Å². The number of aromatic nitrogens is 2. The molecule has 0 atom stereocenters. The number of hydrogen-bond acceptors (Lipinski definition) is 5. The third-order valence-electron chi connectivity index (χ3n) is 5.04. The monoisotopic (exact) mass is 326 g/mol. The number of hydrogen-bond donors (Lipinski definition) is 0. The maximum absolute atomic E-state index is 12.6.